The van der Waals surface area contributed by atoms with Crippen LogP contribution < -0.4 is 0 Å². The third kappa shape index (κ3) is 2.82. The van der Waals surface area contributed by atoms with Crippen LogP contribution in [0.25, 0.3) is 0 Å². The van der Waals surface area contributed by atoms with Gasteiger partial charge in [0.25, 0.3) is 0 Å². The smallest absolute Gasteiger partial charge is 0.138 e. The molecule has 0 bridgehead atoms. The summed E-state index contributed by atoms with van der Waals surface area (Å²) in [6, 6.07) is 0. The van der Waals surface area contributed by atoms with E-state index in [1.807, 2.05) is 13.8 Å². The van der Waals surface area contributed by atoms with Crippen LogP contribution in [0.15, 0.2) is 0 Å². The number of hydrogen-bond donors (Lipinski definition) is 0. The van der Waals surface area contributed by atoms with Gasteiger partial charge in [-0.25, -0.2) is 0 Å². The molecule has 1 heteroatoms. The SMILES string of the molecule is CCCC[C@H]1C[C@H](C(=O)C(C)C)C1. The second-order valence-corrected chi connectivity index (χ2v) is 4.73. The number of Topliss-reactive ketones (excluding diaryl/α,β-unsaturated/α-hetero) is 1. The number of rotatable bonds is 5. The lowest BCUT2D eigenvalue weighted by molar-refractivity contribution is -0.130. The van der Waals surface area contributed by atoms with Crippen LogP contribution in [0, 0.1) is 17.8 Å². The van der Waals surface area contributed by atoms with Crippen molar-refractivity contribution >= 4 is 5.78 Å². The van der Waals surface area contributed by atoms with Crippen LogP contribution in [0.1, 0.15) is 52.9 Å². The average Bonchev–Trinajstić information content (AvgIpc) is 2.01. The molecule has 0 aromatic rings. The molecule has 0 aromatic carbocycles. The highest BCUT2D eigenvalue weighted by molar-refractivity contribution is 5.83. The molecule has 1 rings (SSSR count). The topological polar surface area (TPSA) is 17.1 Å². The summed E-state index contributed by atoms with van der Waals surface area (Å²) >= 11 is 0. The third-order valence-electron chi connectivity index (χ3n) is 3.17. The maximum atomic E-state index is 11.5. The summed E-state index contributed by atoms with van der Waals surface area (Å²) in [6.45, 7) is 6.26. The molecule has 0 amide bonds. The van der Waals surface area contributed by atoms with Gasteiger partial charge < -0.3 is 0 Å². The van der Waals surface area contributed by atoms with Crippen molar-refractivity contribution in [3.63, 3.8) is 0 Å². The number of ketones is 1. The zero-order chi connectivity index (χ0) is 9.84. The van der Waals surface area contributed by atoms with Gasteiger partial charge in [-0.3, -0.25) is 4.79 Å². The Morgan fingerprint density at radius 3 is 2.46 bits per heavy atom. The van der Waals surface area contributed by atoms with Crippen LogP contribution in [-0.4, -0.2) is 5.78 Å². The monoisotopic (exact) mass is 182 g/mol. The highest BCUT2D eigenvalue weighted by atomic mass is 16.1. The fraction of sp³-hybridized carbons (Fsp3) is 0.917. The van der Waals surface area contributed by atoms with Gasteiger partial charge in [0.1, 0.15) is 5.78 Å². The summed E-state index contributed by atoms with van der Waals surface area (Å²) in [5.41, 5.74) is 0. The molecule has 0 N–H and O–H groups in total. The third-order valence-corrected chi connectivity index (χ3v) is 3.17. The van der Waals surface area contributed by atoms with E-state index in [-0.39, 0.29) is 5.92 Å². The van der Waals surface area contributed by atoms with E-state index in [4.69, 9.17) is 0 Å². The predicted octanol–water partition coefficient (Wildman–Crippen LogP) is 3.43. The molecule has 0 saturated heterocycles. The van der Waals surface area contributed by atoms with Crippen LogP contribution in [-0.2, 0) is 4.79 Å². The van der Waals surface area contributed by atoms with Gasteiger partial charge in [0.05, 0.1) is 0 Å². The standard InChI is InChI=1S/C12H22O/c1-4-5-6-10-7-11(8-10)12(13)9(2)3/h9-11H,4-8H2,1-3H3/t10-,11-. The Morgan fingerprint density at radius 1 is 1.38 bits per heavy atom. The van der Waals surface area contributed by atoms with Crippen LogP contribution >= 0.6 is 0 Å². The summed E-state index contributed by atoms with van der Waals surface area (Å²) < 4.78 is 0. The Kier molecular flexibility index (Phi) is 3.95. The number of hydrogen-bond acceptors (Lipinski definition) is 1. The summed E-state index contributed by atoms with van der Waals surface area (Å²) in [5, 5.41) is 0. The normalized spacial score (nSPS) is 27.4. The quantitative estimate of drug-likeness (QED) is 0.636. The first kappa shape index (κ1) is 10.7. The summed E-state index contributed by atoms with van der Waals surface area (Å²) in [7, 11) is 0. The van der Waals surface area contributed by atoms with Crippen molar-refractivity contribution in [2.45, 2.75) is 52.9 Å². The highest BCUT2D eigenvalue weighted by Crippen LogP contribution is 2.38. The van der Waals surface area contributed by atoms with E-state index in [0.29, 0.717) is 11.7 Å². The van der Waals surface area contributed by atoms with Gasteiger partial charge in [0, 0.05) is 11.8 Å². The largest absolute Gasteiger partial charge is 0.299 e. The van der Waals surface area contributed by atoms with Crippen LogP contribution in [0.2, 0.25) is 0 Å². The van der Waals surface area contributed by atoms with E-state index >= 15 is 0 Å². The van der Waals surface area contributed by atoms with E-state index in [9.17, 15) is 4.79 Å². The number of carbonyl (C=O) groups is 1. The van der Waals surface area contributed by atoms with Gasteiger partial charge in [0.2, 0.25) is 0 Å². The van der Waals surface area contributed by atoms with Crippen LogP contribution in [0.4, 0.5) is 0 Å². The second-order valence-electron chi connectivity index (χ2n) is 4.73. The van der Waals surface area contributed by atoms with E-state index in [0.717, 1.165) is 5.92 Å². The van der Waals surface area contributed by atoms with Crippen molar-refractivity contribution < 1.29 is 4.79 Å². The Morgan fingerprint density at radius 2 is 2.00 bits per heavy atom. The van der Waals surface area contributed by atoms with Gasteiger partial charge in [-0.05, 0) is 18.8 Å². The molecule has 0 heterocycles. The van der Waals surface area contributed by atoms with Crippen molar-refractivity contribution in [2.75, 3.05) is 0 Å². The number of unbranched alkanes of at least 4 members (excludes halogenated alkanes) is 1. The Balaban J connectivity index is 2.14. The zero-order valence-corrected chi connectivity index (χ0v) is 9.18. The molecule has 0 aliphatic heterocycles. The van der Waals surface area contributed by atoms with Gasteiger partial charge in [-0.2, -0.15) is 0 Å². The van der Waals surface area contributed by atoms with Crippen molar-refractivity contribution in [3.8, 4) is 0 Å². The maximum Gasteiger partial charge on any atom is 0.138 e. The van der Waals surface area contributed by atoms with Crippen LogP contribution in [0.3, 0.4) is 0 Å². The lowest BCUT2D eigenvalue weighted by atomic mass is 9.69. The molecule has 13 heavy (non-hydrogen) atoms. The summed E-state index contributed by atoms with van der Waals surface area (Å²) in [4.78, 5) is 11.5. The molecule has 1 nitrogen and oxygen atoms in total. The molecule has 1 saturated carbocycles. The minimum Gasteiger partial charge on any atom is -0.299 e. The maximum absolute atomic E-state index is 11.5. The minimum atomic E-state index is 0.247. The van der Waals surface area contributed by atoms with Crippen molar-refractivity contribution in [1.82, 2.24) is 0 Å². The van der Waals surface area contributed by atoms with E-state index in [1.54, 1.807) is 0 Å². The van der Waals surface area contributed by atoms with Crippen LogP contribution in [0.5, 0.6) is 0 Å². The van der Waals surface area contributed by atoms with E-state index in [1.165, 1.54) is 32.1 Å². The molecular weight excluding hydrogens is 160 g/mol. The molecule has 0 atom stereocenters. The molecule has 1 fully saturated rings. The Hall–Kier alpha value is -0.330. The Bertz CT molecular complexity index is 166. The van der Waals surface area contributed by atoms with Gasteiger partial charge in [-0.1, -0.05) is 40.0 Å². The molecule has 0 aromatic heterocycles. The van der Waals surface area contributed by atoms with Gasteiger partial charge in [-0.15, -0.1) is 0 Å². The lowest BCUT2D eigenvalue weighted by Gasteiger charge is -2.35. The zero-order valence-electron chi connectivity index (χ0n) is 9.18. The van der Waals surface area contributed by atoms with Crippen molar-refractivity contribution in [3.05, 3.63) is 0 Å². The first-order valence-electron chi connectivity index (χ1n) is 5.68. The molecule has 0 spiro atoms. The van der Waals surface area contributed by atoms with Crippen molar-refractivity contribution in [1.29, 1.82) is 0 Å². The highest BCUT2D eigenvalue weighted by Gasteiger charge is 2.34. The molecule has 0 unspecified atom stereocenters. The lowest BCUT2D eigenvalue weighted by Crippen LogP contribution is -2.32. The average molecular weight is 182 g/mol. The summed E-state index contributed by atoms with van der Waals surface area (Å²) in [5.74, 6) is 2.03. The first-order chi connectivity index (χ1) is 6.15. The molecule has 1 aliphatic carbocycles. The molecule has 1 aliphatic rings. The minimum absolute atomic E-state index is 0.247. The van der Waals surface area contributed by atoms with Gasteiger partial charge in [0.15, 0.2) is 0 Å². The van der Waals surface area contributed by atoms with Gasteiger partial charge >= 0.3 is 0 Å². The second kappa shape index (κ2) is 4.78. The fourth-order valence-electron chi connectivity index (χ4n) is 2.17. The molecule has 0 radical (unpaired) electrons. The summed E-state index contributed by atoms with van der Waals surface area (Å²) in [6.07, 6.45) is 6.33. The van der Waals surface area contributed by atoms with E-state index < -0.39 is 0 Å². The number of carbonyl (C=O) groups excluding carboxylic acids is 1. The fourth-order valence-corrected chi connectivity index (χ4v) is 2.17. The van der Waals surface area contributed by atoms with Crippen molar-refractivity contribution in [2.24, 2.45) is 17.8 Å². The first-order valence-corrected chi connectivity index (χ1v) is 5.68. The predicted molar refractivity (Wildman–Crippen MR) is 55.6 cm³/mol. The molecular formula is C12H22O. The Labute approximate surface area is 81.9 Å². The van der Waals surface area contributed by atoms with E-state index in [2.05, 4.69) is 6.92 Å². The molecule has 76 valence electrons.